The Morgan fingerprint density at radius 2 is 1.50 bits per heavy atom. The van der Waals surface area contributed by atoms with Gasteiger partial charge in [0, 0.05) is 12.3 Å². The fourth-order valence-electron chi connectivity index (χ4n) is 3.81. The highest BCUT2D eigenvalue weighted by atomic mass is 32.2. The Balaban J connectivity index is 1.77. The molecule has 2 amide bonds. The van der Waals surface area contributed by atoms with Gasteiger partial charge in [-0.1, -0.05) is 81.5 Å². The fourth-order valence-corrected chi connectivity index (χ4v) is 4.90. The lowest BCUT2D eigenvalue weighted by Gasteiger charge is -2.15. The number of hydrogen-bond donors (Lipinski definition) is 0. The fraction of sp³-hybridized carbons (Fsp3) is 0.407. The third-order valence-corrected chi connectivity index (χ3v) is 6.69. The molecule has 5 heteroatoms. The van der Waals surface area contributed by atoms with Gasteiger partial charge in [0.2, 0.25) is 0 Å². The Morgan fingerprint density at radius 1 is 0.812 bits per heavy atom. The number of thioether (sulfide) groups is 1. The van der Waals surface area contributed by atoms with E-state index in [0.717, 1.165) is 36.1 Å². The van der Waals surface area contributed by atoms with Crippen molar-refractivity contribution < 1.29 is 14.3 Å². The van der Waals surface area contributed by atoms with Crippen molar-refractivity contribution >= 4 is 29.1 Å². The van der Waals surface area contributed by atoms with Crippen LogP contribution in [0.15, 0.2) is 59.5 Å². The van der Waals surface area contributed by atoms with E-state index in [1.54, 1.807) is 0 Å². The minimum absolute atomic E-state index is 0.159. The first-order valence-corrected chi connectivity index (χ1v) is 12.6. The van der Waals surface area contributed by atoms with Gasteiger partial charge in [0.25, 0.3) is 11.8 Å². The Kier molecular flexibility index (Phi) is 9.42. The number of hydrogen-bond acceptors (Lipinski definition) is 4. The number of nitrogens with zero attached hydrogens (tertiary/aromatic N) is 1. The molecule has 0 aliphatic carbocycles. The first kappa shape index (κ1) is 24.1. The summed E-state index contributed by atoms with van der Waals surface area (Å²) in [4.78, 5) is 28.6. The van der Waals surface area contributed by atoms with Gasteiger partial charge in [-0.2, -0.15) is 0 Å². The lowest BCUT2D eigenvalue weighted by atomic mass is 10.1. The second kappa shape index (κ2) is 12.5. The summed E-state index contributed by atoms with van der Waals surface area (Å²) in [6.45, 7) is 5.21. The Morgan fingerprint density at radius 3 is 2.19 bits per heavy atom. The molecular weight excluding hydrogens is 418 g/mol. The number of carbonyl (C=O) groups excluding carboxylic acids is 2. The van der Waals surface area contributed by atoms with Crippen LogP contribution in [0, 0.1) is 0 Å². The first-order valence-electron chi connectivity index (χ1n) is 11.7. The average molecular weight is 452 g/mol. The Labute approximate surface area is 196 Å². The van der Waals surface area contributed by atoms with E-state index in [-0.39, 0.29) is 11.8 Å². The SMILES string of the molecule is CCCCCCCCN1C(=O)C(SCc2ccccc2)=C(c2ccc(OCC)cc2)C1=O. The second-order valence-electron chi connectivity index (χ2n) is 7.97. The molecule has 0 radical (unpaired) electrons. The lowest BCUT2D eigenvalue weighted by molar-refractivity contribution is -0.136. The maximum atomic E-state index is 13.3. The van der Waals surface area contributed by atoms with Crippen LogP contribution in [0.2, 0.25) is 0 Å². The smallest absolute Gasteiger partial charge is 0.267 e. The van der Waals surface area contributed by atoms with Crippen molar-refractivity contribution in [2.45, 2.75) is 58.1 Å². The molecule has 4 nitrogen and oxygen atoms in total. The molecule has 170 valence electrons. The van der Waals surface area contributed by atoms with Crippen LogP contribution in [0.25, 0.3) is 5.57 Å². The van der Waals surface area contributed by atoms with Crippen molar-refractivity contribution in [3.05, 3.63) is 70.6 Å². The quantitative estimate of drug-likeness (QED) is 0.259. The van der Waals surface area contributed by atoms with E-state index in [4.69, 9.17) is 4.74 Å². The zero-order valence-electron chi connectivity index (χ0n) is 19.1. The van der Waals surface area contributed by atoms with Gasteiger partial charge >= 0.3 is 0 Å². The molecule has 1 heterocycles. The van der Waals surface area contributed by atoms with E-state index in [1.165, 1.54) is 35.9 Å². The summed E-state index contributed by atoms with van der Waals surface area (Å²) in [5.74, 6) is 1.08. The van der Waals surface area contributed by atoms with Gasteiger partial charge in [-0.15, -0.1) is 11.8 Å². The average Bonchev–Trinajstić information content (AvgIpc) is 3.05. The van der Waals surface area contributed by atoms with Crippen LogP contribution in [-0.2, 0) is 15.3 Å². The molecule has 1 aliphatic rings. The highest BCUT2D eigenvalue weighted by Gasteiger charge is 2.38. The van der Waals surface area contributed by atoms with Crippen molar-refractivity contribution in [1.82, 2.24) is 4.90 Å². The predicted octanol–water partition coefficient (Wildman–Crippen LogP) is 6.46. The van der Waals surface area contributed by atoms with Crippen molar-refractivity contribution in [2.24, 2.45) is 0 Å². The van der Waals surface area contributed by atoms with Gasteiger partial charge in [-0.25, -0.2) is 0 Å². The zero-order chi connectivity index (χ0) is 22.8. The largest absolute Gasteiger partial charge is 0.494 e. The molecule has 32 heavy (non-hydrogen) atoms. The van der Waals surface area contributed by atoms with Crippen LogP contribution in [0.1, 0.15) is 63.5 Å². The minimum Gasteiger partial charge on any atom is -0.494 e. The van der Waals surface area contributed by atoms with Gasteiger partial charge in [-0.3, -0.25) is 14.5 Å². The van der Waals surface area contributed by atoms with Crippen molar-refractivity contribution in [3.63, 3.8) is 0 Å². The van der Waals surface area contributed by atoms with Crippen LogP contribution in [0.5, 0.6) is 5.75 Å². The van der Waals surface area contributed by atoms with Crippen molar-refractivity contribution in [2.75, 3.05) is 13.2 Å². The third kappa shape index (κ3) is 6.26. The molecule has 2 aromatic rings. The maximum absolute atomic E-state index is 13.3. The zero-order valence-corrected chi connectivity index (χ0v) is 20.0. The second-order valence-corrected chi connectivity index (χ2v) is 8.95. The van der Waals surface area contributed by atoms with Gasteiger partial charge < -0.3 is 4.74 Å². The van der Waals surface area contributed by atoms with E-state index in [2.05, 4.69) is 6.92 Å². The van der Waals surface area contributed by atoms with Crippen molar-refractivity contribution in [1.29, 1.82) is 0 Å². The monoisotopic (exact) mass is 451 g/mol. The van der Waals surface area contributed by atoms with E-state index < -0.39 is 0 Å². The highest BCUT2D eigenvalue weighted by Crippen LogP contribution is 2.38. The summed E-state index contributed by atoms with van der Waals surface area (Å²) in [5, 5.41) is 0. The topological polar surface area (TPSA) is 46.6 Å². The molecule has 0 N–H and O–H groups in total. The molecule has 0 fully saturated rings. The van der Waals surface area contributed by atoms with E-state index in [9.17, 15) is 9.59 Å². The van der Waals surface area contributed by atoms with Crippen LogP contribution < -0.4 is 4.74 Å². The highest BCUT2D eigenvalue weighted by molar-refractivity contribution is 8.03. The molecular formula is C27H33NO3S. The Hall–Kier alpha value is -2.53. The van der Waals surface area contributed by atoms with Crippen LogP contribution in [-0.4, -0.2) is 29.9 Å². The van der Waals surface area contributed by atoms with Crippen LogP contribution in [0.3, 0.4) is 0 Å². The summed E-state index contributed by atoms with van der Waals surface area (Å²) in [6.07, 6.45) is 6.72. The normalized spacial score (nSPS) is 13.9. The lowest BCUT2D eigenvalue weighted by Crippen LogP contribution is -2.32. The summed E-state index contributed by atoms with van der Waals surface area (Å²) >= 11 is 1.46. The van der Waals surface area contributed by atoms with Crippen LogP contribution in [0.4, 0.5) is 0 Å². The van der Waals surface area contributed by atoms with Gasteiger partial charge in [0.15, 0.2) is 0 Å². The summed E-state index contributed by atoms with van der Waals surface area (Å²) < 4.78 is 5.53. The van der Waals surface area contributed by atoms with Gasteiger partial charge in [-0.05, 0) is 36.6 Å². The standard InChI is InChI=1S/C27H33NO3S/c1-3-5-6-7-8-12-19-28-26(29)24(22-15-17-23(18-16-22)31-4-2)25(27(28)30)32-20-21-13-10-9-11-14-21/h9-11,13-18H,3-8,12,19-20H2,1-2H3. The predicted molar refractivity (Wildman–Crippen MR) is 132 cm³/mol. The Bertz CT molecular complexity index is 922. The molecule has 3 rings (SSSR count). The maximum Gasteiger partial charge on any atom is 0.267 e. The van der Waals surface area contributed by atoms with E-state index in [1.807, 2.05) is 61.5 Å². The summed E-state index contributed by atoms with van der Waals surface area (Å²) in [5.41, 5.74) is 2.42. The number of ether oxygens (including phenoxy) is 1. The molecule has 0 bridgehead atoms. The number of imide groups is 1. The number of carbonyl (C=O) groups is 2. The molecule has 0 atom stereocenters. The first-order chi connectivity index (χ1) is 15.7. The minimum atomic E-state index is -0.178. The molecule has 0 spiro atoms. The summed E-state index contributed by atoms with van der Waals surface area (Å²) in [6, 6.07) is 17.5. The number of benzene rings is 2. The molecule has 1 aliphatic heterocycles. The molecule has 0 unspecified atom stereocenters. The van der Waals surface area contributed by atoms with Crippen molar-refractivity contribution in [3.8, 4) is 5.75 Å². The van der Waals surface area contributed by atoms with Gasteiger partial charge in [0.05, 0.1) is 17.1 Å². The molecule has 0 saturated carbocycles. The number of amides is 2. The van der Waals surface area contributed by atoms with Crippen LogP contribution >= 0.6 is 11.8 Å². The van der Waals surface area contributed by atoms with E-state index in [0.29, 0.717) is 29.4 Å². The van der Waals surface area contributed by atoms with Gasteiger partial charge in [0.1, 0.15) is 5.75 Å². The number of unbranched alkanes of at least 4 members (excludes halogenated alkanes) is 5. The third-order valence-electron chi connectivity index (χ3n) is 5.54. The number of rotatable bonds is 13. The summed E-state index contributed by atoms with van der Waals surface area (Å²) in [7, 11) is 0. The molecule has 0 saturated heterocycles. The molecule has 2 aromatic carbocycles. The van der Waals surface area contributed by atoms with E-state index >= 15 is 0 Å². The molecule has 0 aromatic heterocycles.